The van der Waals surface area contributed by atoms with Crippen LogP contribution in [0, 0.1) is 11.3 Å². The van der Waals surface area contributed by atoms with E-state index in [1.165, 1.54) is 11.1 Å². The molecule has 3 heteroatoms. The molecule has 1 aromatic rings. The highest BCUT2D eigenvalue weighted by atomic mass is 35.5. The molecule has 2 nitrogen and oxygen atoms in total. The van der Waals surface area contributed by atoms with Gasteiger partial charge in [-0.25, -0.2) is 0 Å². The van der Waals surface area contributed by atoms with Gasteiger partial charge < -0.3 is 10.1 Å². The zero-order valence-corrected chi connectivity index (χ0v) is 11.8. The smallest absolute Gasteiger partial charge is 0.125 e. The van der Waals surface area contributed by atoms with Crippen molar-refractivity contribution in [3.63, 3.8) is 0 Å². The molecule has 0 atom stereocenters. The van der Waals surface area contributed by atoms with Gasteiger partial charge in [0.2, 0.25) is 0 Å². The first-order valence-corrected chi connectivity index (χ1v) is 7.13. The summed E-state index contributed by atoms with van der Waals surface area (Å²) < 4.78 is 5.80. The predicted octanol–water partition coefficient (Wildman–Crippen LogP) is 3.06. The number of rotatable bonds is 3. The fourth-order valence-corrected chi connectivity index (χ4v) is 3.30. The Kier molecular flexibility index (Phi) is 3.03. The van der Waals surface area contributed by atoms with E-state index in [-0.39, 0.29) is 0 Å². The van der Waals surface area contributed by atoms with Crippen LogP contribution in [-0.4, -0.2) is 19.7 Å². The number of nitrogens with one attached hydrogen (secondary N) is 1. The van der Waals surface area contributed by atoms with Crippen LogP contribution in [-0.2, 0) is 12.8 Å². The minimum Gasteiger partial charge on any atom is -0.493 e. The van der Waals surface area contributed by atoms with Crippen LogP contribution in [0.2, 0.25) is 5.02 Å². The van der Waals surface area contributed by atoms with Gasteiger partial charge in [-0.15, -0.1) is 0 Å². The third-order valence-electron chi connectivity index (χ3n) is 4.55. The Balaban J connectivity index is 1.93. The Hall–Kier alpha value is -0.730. The molecule has 0 aliphatic carbocycles. The lowest BCUT2D eigenvalue weighted by molar-refractivity contribution is 0.0985. The first-order valence-electron chi connectivity index (χ1n) is 6.75. The number of benzene rings is 1. The zero-order valence-electron chi connectivity index (χ0n) is 11.1. The highest BCUT2D eigenvalue weighted by molar-refractivity contribution is 6.30. The van der Waals surface area contributed by atoms with Crippen LogP contribution in [0.15, 0.2) is 12.1 Å². The standard InChI is InChI=1S/C15H20ClNO/c1-10(2)15(8-17-9-15)7-12-6-13(16)5-11-3-4-18-14(11)12/h5-6,10,17H,3-4,7-9H2,1-2H3. The van der Waals surface area contributed by atoms with E-state index in [1.807, 2.05) is 0 Å². The average Bonchev–Trinajstić information content (AvgIpc) is 2.70. The average molecular weight is 266 g/mol. The van der Waals surface area contributed by atoms with Gasteiger partial charge >= 0.3 is 0 Å². The lowest BCUT2D eigenvalue weighted by Crippen LogP contribution is -2.57. The Morgan fingerprint density at radius 1 is 1.39 bits per heavy atom. The molecule has 0 unspecified atom stereocenters. The van der Waals surface area contributed by atoms with E-state index in [2.05, 4.69) is 31.3 Å². The van der Waals surface area contributed by atoms with E-state index in [0.29, 0.717) is 11.3 Å². The van der Waals surface area contributed by atoms with Gasteiger partial charge in [-0.05, 0) is 35.6 Å². The topological polar surface area (TPSA) is 21.3 Å². The summed E-state index contributed by atoms with van der Waals surface area (Å²) in [6.45, 7) is 7.63. The van der Waals surface area contributed by atoms with Gasteiger partial charge in [-0.3, -0.25) is 0 Å². The summed E-state index contributed by atoms with van der Waals surface area (Å²) in [4.78, 5) is 0. The van der Waals surface area contributed by atoms with Crippen LogP contribution in [0.5, 0.6) is 5.75 Å². The van der Waals surface area contributed by atoms with Gasteiger partial charge in [0, 0.05) is 29.9 Å². The lowest BCUT2D eigenvalue weighted by Gasteiger charge is -2.46. The maximum absolute atomic E-state index is 6.23. The van der Waals surface area contributed by atoms with E-state index in [0.717, 1.165) is 43.3 Å². The molecule has 0 saturated carbocycles. The molecule has 18 heavy (non-hydrogen) atoms. The van der Waals surface area contributed by atoms with E-state index < -0.39 is 0 Å². The molecule has 0 bridgehead atoms. The van der Waals surface area contributed by atoms with Crippen molar-refractivity contribution in [3.05, 3.63) is 28.3 Å². The van der Waals surface area contributed by atoms with Crippen LogP contribution < -0.4 is 10.1 Å². The molecule has 1 N–H and O–H groups in total. The zero-order chi connectivity index (χ0) is 12.8. The molecule has 1 saturated heterocycles. The molecule has 1 fully saturated rings. The van der Waals surface area contributed by atoms with E-state index >= 15 is 0 Å². The van der Waals surface area contributed by atoms with Crippen molar-refractivity contribution in [1.82, 2.24) is 5.32 Å². The molecule has 0 spiro atoms. The number of hydrogen-bond donors (Lipinski definition) is 1. The maximum Gasteiger partial charge on any atom is 0.125 e. The van der Waals surface area contributed by atoms with Crippen molar-refractivity contribution in [2.45, 2.75) is 26.7 Å². The van der Waals surface area contributed by atoms with Crippen LogP contribution in [0.4, 0.5) is 0 Å². The molecule has 2 aliphatic heterocycles. The van der Waals surface area contributed by atoms with Gasteiger partial charge in [0.25, 0.3) is 0 Å². The number of ether oxygens (including phenoxy) is 1. The second-order valence-electron chi connectivity index (χ2n) is 5.95. The molecule has 3 rings (SSSR count). The van der Waals surface area contributed by atoms with Crippen LogP contribution in [0.25, 0.3) is 0 Å². The number of halogens is 1. The maximum atomic E-state index is 6.23. The molecular formula is C15H20ClNO. The summed E-state index contributed by atoms with van der Waals surface area (Å²) in [6.07, 6.45) is 2.07. The van der Waals surface area contributed by atoms with Crippen molar-refractivity contribution in [2.75, 3.05) is 19.7 Å². The normalized spacial score (nSPS) is 20.4. The van der Waals surface area contributed by atoms with Crippen LogP contribution >= 0.6 is 11.6 Å². The minimum atomic E-state index is 0.379. The molecule has 98 valence electrons. The highest BCUT2D eigenvalue weighted by Crippen LogP contribution is 2.41. The van der Waals surface area contributed by atoms with Gasteiger partial charge in [-0.1, -0.05) is 25.4 Å². The SMILES string of the molecule is CC(C)C1(Cc2cc(Cl)cc3c2OCC3)CNC1. The summed E-state index contributed by atoms with van der Waals surface area (Å²) in [5.41, 5.74) is 2.96. The minimum absolute atomic E-state index is 0.379. The monoisotopic (exact) mass is 265 g/mol. The van der Waals surface area contributed by atoms with Crippen molar-refractivity contribution < 1.29 is 4.74 Å². The summed E-state index contributed by atoms with van der Waals surface area (Å²) in [7, 11) is 0. The Morgan fingerprint density at radius 2 is 2.17 bits per heavy atom. The molecule has 1 aromatic carbocycles. The Morgan fingerprint density at radius 3 is 2.78 bits per heavy atom. The second-order valence-corrected chi connectivity index (χ2v) is 6.39. The Labute approximate surface area is 114 Å². The highest BCUT2D eigenvalue weighted by Gasteiger charge is 2.40. The predicted molar refractivity (Wildman–Crippen MR) is 74.5 cm³/mol. The van der Waals surface area contributed by atoms with Crippen molar-refractivity contribution in [2.24, 2.45) is 11.3 Å². The van der Waals surface area contributed by atoms with E-state index in [4.69, 9.17) is 16.3 Å². The molecule has 0 radical (unpaired) electrons. The summed E-state index contributed by atoms with van der Waals surface area (Å²) in [5.74, 6) is 1.78. The summed E-state index contributed by atoms with van der Waals surface area (Å²) >= 11 is 6.23. The first-order chi connectivity index (χ1) is 8.61. The van der Waals surface area contributed by atoms with Gasteiger partial charge in [-0.2, -0.15) is 0 Å². The van der Waals surface area contributed by atoms with Crippen molar-refractivity contribution >= 4 is 11.6 Å². The van der Waals surface area contributed by atoms with Crippen molar-refractivity contribution in [3.8, 4) is 5.75 Å². The first kappa shape index (κ1) is 12.3. The largest absolute Gasteiger partial charge is 0.493 e. The Bertz CT molecular complexity index is 466. The van der Waals surface area contributed by atoms with Crippen molar-refractivity contribution in [1.29, 1.82) is 0 Å². The molecular weight excluding hydrogens is 246 g/mol. The third-order valence-corrected chi connectivity index (χ3v) is 4.76. The molecule has 2 aliphatic rings. The van der Waals surface area contributed by atoms with Gasteiger partial charge in [0.1, 0.15) is 5.75 Å². The quantitative estimate of drug-likeness (QED) is 0.907. The van der Waals surface area contributed by atoms with E-state index in [1.54, 1.807) is 0 Å². The van der Waals surface area contributed by atoms with Crippen LogP contribution in [0.3, 0.4) is 0 Å². The van der Waals surface area contributed by atoms with Gasteiger partial charge in [0.15, 0.2) is 0 Å². The van der Waals surface area contributed by atoms with Gasteiger partial charge in [0.05, 0.1) is 6.61 Å². The molecule has 0 amide bonds. The molecule has 0 aromatic heterocycles. The lowest BCUT2D eigenvalue weighted by atomic mass is 9.68. The summed E-state index contributed by atoms with van der Waals surface area (Å²) in [6, 6.07) is 4.14. The number of hydrogen-bond acceptors (Lipinski definition) is 2. The molecule has 2 heterocycles. The third kappa shape index (κ3) is 1.92. The number of fused-ring (bicyclic) bond motifs is 1. The summed E-state index contributed by atoms with van der Waals surface area (Å²) in [5, 5.41) is 4.26. The fourth-order valence-electron chi connectivity index (χ4n) is 3.04. The fraction of sp³-hybridized carbons (Fsp3) is 0.600. The van der Waals surface area contributed by atoms with E-state index in [9.17, 15) is 0 Å². The second kappa shape index (κ2) is 4.43. The van der Waals surface area contributed by atoms with Crippen LogP contribution in [0.1, 0.15) is 25.0 Å².